The van der Waals surface area contributed by atoms with E-state index in [1.165, 1.54) is 0 Å². The summed E-state index contributed by atoms with van der Waals surface area (Å²) in [5, 5.41) is 22.5. The van der Waals surface area contributed by atoms with Gasteiger partial charge in [-0.25, -0.2) is 0 Å². The Morgan fingerprint density at radius 3 is 2.12 bits per heavy atom. The molecule has 0 amide bonds. The van der Waals surface area contributed by atoms with Gasteiger partial charge in [0.15, 0.2) is 0 Å². The summed E-state index contributed by atoms with van der Waals surface area (Å²) >= 11 is 7.72. The first-order valence-electron chi connectivity index (χ1n) is 9.63. The van der Waals surface area contributed by atoms with Crippen LogP contribution in [0.25, 0.3) is 0 Å². The highest BCUT2D eigenvalue weighted by molar-refractivity contribution is 9.09. The zero-order chi connectivity index (χ0) is 18.0. The summed E-state index contributed by atoms with van der Waals surface area (Å²) in [7, 11) is 0. The van der Waals surface area contributed by atoms with E-state index >= 15 is 0 Å². The highest BCUT2D eigenvalue weighted by Crippen LogP contribution is 2.62. The summed E-state index contributed by atoms with van der Waals surface area (Å²) < 4.78 is 0. The Labute approximate surface area is 164 Å². The lowest BCUT2D eigenvalue weighted by Gasteiger charge is -2.52. The van der Waals surface area contributed by atoms with Crippen molar-refractivity contribution >= 4 is 31.9 Å². The molecule has 4 heteroatoms. The van der Waals surface area contributed by atoms with Crippen molar-refractivity contribution in [2.24, 2.45) is 22.7 Å². The zero-order valence-electron chi connectivity index (χ0n) is 15.6. The van der Waals surface area contributed by atoms with Gasteiger partial charge in [0, 0.05) is 9.65 Å². The first-order chi connectivity index (χ1) is 10.9. The summed E-state index contributed by atoms with van der Waals surface area (Å²) in [6.45, 7) is 8.92. The van der Waals surface area contributed by atoms with E-state index < -0.39 is 11.2 Å². The molecule has 3 rings (SSSR count). The molecular weight excluding hydrogens is 432 g/mol. The number of halogens is 2. The van der Waals surface area contributed by atoms with Crippen LogP contribution in [0.3, 0.4) is 0 Å². The standard InChI is InChI=1S/C20H34Br2O2/c1-17(2)12-20(24,10-7-14(17)21)11-13-5-8-18(3)15(22)6-9-19(4,23)16(13)18/h13-16,23-24H,5-12H2,1-4H3. The van der Waals surface area contributed by atoms with E-state index in [9.17, 15) is 10.2 Å². The van der Waals surface area contributed by atoms with E-state index in [4.69, 9.17) is 0 Å². The molecular formula is C20H34Br2O2. The van der Waals surface area contributed by atoms with Gasteiger partial charge in [0.1, 0.15) is 0 Å². The van der Waals surface area contributed by atoms with Crippen LogP contribution in [0.1, 0.15) is 79.1 Å². The van der Waals surface area contributed by atoms with Crippen LogP contribution in [0, 0.1) is 22.7 Å². The Morgan fingerprint density at radius 1 is 0.875 bits per heavy atom. The average Bonchev–Trinajstić information content (AvgIpc) is 2.78. The van der Waals surface area contributed by atoms with Crippen molar-refractivity contribution in [3.8, 4) is 0 Å². The lowest BCUT2D eigenvalue weighted by atomic mass is 9.58. The number of hydrogen-bond acceptors (Lipinski definition) is 2. The zero-order valence-corrected chi connectivity index (χ0v) is 18.8. The molecule has 3 saturated carbocycles. The predicted molar refractivity (Wildman–Crippen MR) is 107 cm³/mol. The molecule has 0 aromatic heterocycles. The molecule has 0 saturated heterocycles. The van der Waals surface area contributed by atoms with Gasteiger partial charge in [-0.1, -0.05) is 52.6 Å². The minimum atomic E-state index is -0.599. The van der Waals surface area contributed by atoms with E-state index in [0.29, 0.717) is 15.6 Å². The third kappa shape index (κ3) is 3.27. The van der Waals surface area contributed by atoms with Crippen molar-refractivity contribution in [2.75, 3.05) is 0 Å². The Morgan fingerprint density at radius 2 is 1.50 bits per heavy atom. The second-order valence-electron chi connectivity index (χ2n) is 10.2. The van der Waals surface area contributed by atoms with Crippen molar-refractivity contribution in [3.05, 3.63) is 0 Å². The van der Waals surface area contributed by atoms with Gasteiger partial charge >= 0.3 is 0 Å². The van der Waals surface area contributed by atoms with Crippen LogP contribution in [0.15, 0.2) is 0 Å². The second kappa shape index (κ2) is 6.21. The lowest BCUT2D eigenvalue weighted by Crippen LogP contribution is -2.54. The smallest absolute Gasteiger partial charge is 0.0656 e. The van der Waals surface area contributed by atoms with Crippen molar-refractivity contribution < 1.29 is 10.2 Å². The SMILES string of the molecule is CC1(C)CC(O)(CC2CCC3(C)C(Br)CCC(C)(O)C23)CCC1Br. The number of aliphatic hydroxyl groups is 2. The van der Waals surface area contributed by atoms with Crippen molar-refractivity contribution in [1.82, 2.24) is 0 Å². The van der Waals surface area contributed by atoms with Gasteiger partial charge in [0.25, 0.3) is 0 Å². The van der Waals surface area contributed by atoms with E-state index in [1.54, 1.807) is 0 Å². The maximum Gasteiger partial charge on any atom is 0.0656 e. The molecule has 2 N–H and O–H groups in total. The summed E-state index contributed by atoms with van der Waals surface area (Å²) in [5.41, 5.74) is -0.884. The Hall–Kier alpha value is 0.880. The molecule has 3 aliphatic rings. The van der Waals surface area contributed by atoms with E-state index in [-0.39, 0.29) is 16.7 Å². The first kappa shape index (κ1) is 19.6. The number of alkyl halides is 2. The monoisotopic (exact) mass is 464 g/mol. The highest BCUT2D eigenvalue weighted by Gasteiger charge is 2.59. The molecule has 0 radical (unpaired) electrons. The van der Waals surface area contributed by atoms with Gasteiger partial charge in [0.2, 0.25) is 0 Å². The Balaban J connectivity index is 1.80. The number of hydrogen-bond donors (Lipinski definition) is 2. The fourth-order valence-electron chi connectivity index (χ4n) is 6.55. The number of fused-ring (bicyclic) bond motifs is 1. The molecule has 3 aliphatic carbocycles. The molecule has 2 nitrogen and oxygen atoms in total. The van der Waals surface area contributed by atoms with Gasteiger partial charge in [-0.2, -0.15) is 0 Å². The van der Waals surface area contributed by atoms with Crippen LogP contribution in [-0.2, 0) is 0 Å². The van der Waals surface area contributed by atoms with Gasteiger partial charge < -0.3 is 10.2 Å². The molecule has 24 heavy (non-hydrogen) atoms. The summed E-state index contributed by atoms with van der Waals surface area (Å²) in [4.78, 5) is 0.980. The van der Waals surface area contributed by atoms with E-state index in [0.717, 1.165) is 51.4 Å². The first-order valence-corrected chi connectivity index (χ1v) is 11.5. The molecule has 0 heterocycles. The van der Waals surface area contributed by atoms with Crippen molar-refractivity contribution in [2.45, 2.75) is 99.9 Å². The second-order valence-corrected chi connectivity index (χ2v) is 12.5. The molecule has 0 aromatic carbocycles. The van der Waals surface area contributed by atoms with Crippen LogP contribution in [-0.4, -0.2) is 31.1 Å². The molecule has 0 aromatic rings. The minimum Gasteiger partial charge on any atom is -0.390 e. The van der Waals surface area contributed by atoms with Gasteiger partial charge in [0.05, 0.1) is 11.2 Å². The molecule has 140 valence electrons. The molecule has 0 aliphatic heterocycles. The Kier molecular flexibility index (Phi) is 5.08. The van der Waals surface area contributed by atoms with Gasteiger partial charge in [-0.15, -0.1) is 0 Å². The third-order valence-electron chi connectivity index (χ3n) is 7.66. The van der Waals surface area contributed by atoms with E-state index in [2.05, 4.69) is 52.6 Å². The summed E-state index contributed by atoms with van der Waals surface area (Å²) in [6, 6.07) is 0. The minimum absolute atomic E-state index is 0.127. The van der Waals surface area contributed by atoms with Crippen LogP contribution in [0.4, 0.5) is 0 Å². The van der Waals surface area contributed by atoms with Crippen molar-refractivity contribution in [3.63, 3.8) is 0 Å². The largest absolute Gasteiger partial charge is 0.390 e. The third-order valence-corrected chi connectivity index (χ3v) is 10.9. The van der Waals surface area contributed by atoms with Gasteiger partial charge in [-0.05, 0) is 81.0 Å². The molecule has 0 bridgehead atoms. The van der Waals surface area contributed by atoms with Crippen LogP contribution in [0.2, 0.25) is 0 Å². The molecule has 3 fully saturated rings. The van der Waals surface area contributed by atoms with Crippen LogP contribution >= 0.6 is 31.9 Å². The molecule has 0 spiro atoms. The highest BCUT2D eigenvalue weighted by atomic mass is 79.9. The van der Waals surface area contributed by atoms with Crippen LogP contribution < -0.4 is 0 Å². The van der Waals surface area contributed by atoms with Crippen molar-refractivity contribution in [1.29, 1.82) is 0 Å². The Bertz CT molecular complexity index is 492. The normalized spacial score (nSPS) is 54.5. The summed E-state index contributed by atoms with van der Waals surface area (Å²) in [5.74, 6) is 0.718. The molecule has 7 unspecified atom stereocenters. The fourth-order valence-corrected chi connectivity index (χ4v) is 7.68. The maximum atomic E-state index is 11.4. The molecule has 7 atom stereocenters. The topological polar surface area (TPSA) is 40.5 Å². The van der Waals surface area contributed by atoms with Gasteiger partial charge in [-0.3, -0.25) is 0 Å². The number of rotatable bonds is 2. The summed E-state index contributed by atoms with van der Waals surface area (Å²) in [6.07, 6.45) is 7.85. The maximum absolute atomic E-state index is 11.4. The lowest BCUT2D eigenvalue weighted by molar-refractivity contribution is -0.114. The van der Waals surface area contributed by atoms with Crippen LogP contribution in [0.5, 0.6) is 0 Å². The quantitative estimate of drug-likeness (QED) is 0.534. The average molecular weight is 466 g/mol. The fraction of sp³-hybridized carbons (Fsp3) is 1.00. The van der Waals surface area contributed by atoms with E-state index in [1.807, 2.05) is 6.92 Å². The predicted octanol–water partition coefficient (Wildman–Crippen LogP) is 5.42.